The first kappa shape index (κ1) is 17.8. The van der Waals surface area contributed by atoms with Crippen molar-refractivity contribution in [2.45, 2.75) is 6.92 Å². The smallest absolute Gasteiger partial charge is 0.264 e. The molecule has 2 aromatic carbocycles. The van der Waals surface area contributed by atoms with E-state index in [4.69, 9.17) is 15.2 Å². The molecule has 1 amide bonds. The largest absolute Gasteiger partial charge is 0.494 e. The molecule has 0 radical (unpaired) electrons. The third-order valence-corrected chi connectivity index (χ3v) is 4.20. The van der Waals surface area contributed by atoms with E-state index in [1.54, 1.807) is 24.3 Å². The van der Waals surface area contributed by atoms with Gasteiger partial charge in [-0.25, -0.2) is 4.98 Å². The third kappa shape index (κ3) is 4.73. The molecule has 0 aliphatic rings. The van der Waals surface area contributed by atoms with Crippen molar-refractivity contribution in [1.29, 1.82) is 0 Å². The molecule has 0 aliphatic heterocycles. The lowest BCUT2D eigenvalue weighted by Crippen LogP contribution is -2.20. The summed E-state index contributed by atoms with van der Waals surface area (Å²) in [6, 6.07) is 14.6. The minimum absolute atomic E-state index is 0.0961. The summed E-state index contributed by atoms with van der Waals surface area (Å²) in [5, 5.41) is 5.13. The predicted octanol–water partition coefficient (Wildman–Crippen LogP) is 3.81. The number of thiazole rings is 1. The second kappa shape index (κ2) is 8.35. The van der Waals surface area contributed by atoms with Gasteiger partial charge in [0.25, 0.3) is 5.91 Å². The van der Waals surface area contributed by atoms with Gasteiger partial charge in [-0.3, -0.25) is 10.1 Å². The molecule has 26 heavy (non-hydrogen) atoms. The number of nitrogens with zero attached hydrogens (tertiary/aromatic N) is 1. The molecule has 1 heterocycles. The van der Waals surface area contributed by atoms with Crippen LogP contribution in [0.25, 0.3) is 11.3 Å². The number of nitrogens with two attached hydrogens (primary N) is 1. The molecule has 3 rings (SSSR count). The van der Waals surface area contributed by atoms with Crippen molar-refractivity contribution in [3.05, 3.63) is 53.9 Å². The first-order valence-electron chi connectivity index (χ1n) is 8.11. The van der Waals surface area contributed by atoms with Crippen molar-refractivity contribution in [3.63, 3.8) is 0 Å². The summed E-state index contributed by atoms with van der Waals surface area (Å²) in [4.78, 5) is 16.4. The molecule has 0 spiro atoms. The summed E-state index contributed by atoms with van der Waals surface area (Å²) in [7, 11) is 0. The minimum Gasteiger partial charge on any atom is -0.494 e. The fraction of sp³-hybridized carbons (Fsp3) is 0.158. The Bertz CT molecular complexity index is 878. The zero-order valence-electron chi connectivity index (χ0n) is 14.3. The summed E-state index contributed by atoms with van der Waals surface area (Å²) < 4.78 is 10.8. The predicted molar refractivity (Wildman–Crippen MR) is 104 cm³/mol. The van der Waals surface area contributed by atoms with Crippen LogP contribution in [0.15, 0.2) is 53.9 Å². The highest BCUT2D eigenvalue weighted by Gasteiger charge is 2.09. The van der Waals surface area contributed by atoms with Crippen LogP contribution in [0.3, 0.4) is 0 Å². The number of amides is 1. The SMILES string of the molecule is CCOc1ccc(OCC(=O)Nc2nc(-c3cccc(N)c3)cs2)cc1. The molecule has 6 nitrogen and oxygen atoms in total. The maximum absolute atomic E-state index is 12.0. The van der Waals surface area contributed by atoms with Gasteiger partial charge >= 0.3 is 0 Å². The number of ether oxygens (including phenoxy) is 2. The summed E-state index contributed by atoms with van der Waals surface area (Å²) in [6.07, 6.45) is 0. The van der Waals surface area contributed by atoms with Gasteiger partial charge in [0.05, 0.1) is 12.3 Å². The topological polar surface area (TPSA) is 86.5 Å². The molecule has 0 bridgehead atoms. The van der Waals surface area contributed by atoms with Gasteiger partial charge in [0.15, 0.2) is 11.7 Å². The number of benzene rings is 2. The van der Waals surface area contributed by atoms with Crippen LogP contribution in [0.4, 0.5) is 10.8 Å². The van der Waals surface area contributed by atoms with Gasteiger partial charge < -0.3 is 15.2 Å². The summed E-state index contributed by atoms with van der Waals surface area (Å²) >= 11 is 1.35. The van der Waals surface area contributed by atoms with E-state index in [1.165, 1.54) is 11.3 Å². The van der Waals surface area contributed by atoms with Crippen molar-refractivity contribution in [1.82, 2.24) is 4.98 Å². The Morgan fingerprint density at radius 3 is 2.58 bits per heavy atom. The van der Waals surface area contributed by atoms with E-state index < -0.39 is 0 Å². The molecule has 0 saturated heterocycles. The monoisotopic (exact) mass is 369 g/mol. The number of anilines is 2. The van der Waals surface area contributed by atoms with Crippen LogP contribution in [-0.2, 0) is 4.79 Å². The molecule has 134 valence electrons. The molecule has 3 aromatic rings. The molecular formula is C19H19N3O3S. The standard InChI is InChI=1S/C19H19N3O3S/c1-2-24-15-6-8-16(9-7-15)25-11-18(23)22-19-21-17(12-26-19)13-4-3-5-14(20)10-13/h3-10,12H,2,11,20H2,1H3,(H,21,22,23). The van der Waals surface area contributed by atoms with Crippen LogP contribution in [-0.4, -0.2) is 24.1 Å². The van der Waals surface area contributed by atoms with Crippen LogP contribution in [0.5, 0.6) is 11.5 Å². The van der Waals surface area contributed by atoms with E-state index >= 15 is 0 Å². The first-order valence-corrected chi connectivity index (χ1v) is 8.99. The van der Waals surface area contributed by atoms with E-state index in [0.29, 0.717) is 23.2 Å². The summed E-state index contributed by atoms with van der Waals surface area (Å²) in [6.45, 7) is 2.43. The van der Waals surface area contributed by atoms with Crippen molar-refractivity contribution >= 4 is 28.1 Å². The number of hydrogen-bond donors (Lipinski definition) is 2. The van der Waals surface area contributed by atoms with E-state index in [-0.39, 0.29) is 12.5 Å². The van der Waals surface area contributed by atoms with Gasteiger partial charge in [0.1, 0.15) is 11.5 Å². The van der Waals surface area contributed by atoms with E-state index in [0.717, 1.165) is 17.0 Å². The van der Waals surface area contributed by atoms with E-state index in [9.17, 15) is 4.79 Å². The fourth-order valence-corrected chi connectivity index (χ4v) is 3.00. The third-order valence-electron chi connectivity index (χ3n) is 3.44. The molecule has 3 N–H and O–H groups in total. The molecule has 1 aromatic heterocycles. The maximum atomic E-state index is 12.0. The maximum Gasteiger partial charge on any atom is 0.264 e. The summed E-state index contributed by atoms with van der Waals surface area (Å²) in [5.41, 5.74) is 8.14. The Labute approximate surface area is 155 Å². The lowest BCUT2D eigenvalue weighted by atomic mass is 10.1. The molecule has 0 saturated carbocycles. The molecular weight excluding hydrogens is 350 g/mol. The minimum atomic E-state index is -0.271. The van der Waals surface area contributed by atoms with Gasteiger partial charge in [0, 0.05) is 16.6 Å². The average Bonchev–Trinajstić information content (AvgIpc) is 3.10. The van der Waals surface area contributed by atoms with E-state index in [2.05, 4.69) is 10.3 Å². The number of aromatic nitrogens is 1. The second-order valence-corrected chi connectivity index (χ2v) is 6.26. The van der Waals surface area contributed by atoms with Crippen LogP contribution in [0.1, 0.15) is 6.92 Å². The molecule has 7 heteroatoms. The van der Waals surface area contributed by atoms with Crippen LogP contribution in [0, 0.1) is 0 Å². The highest BCUT2D eigenvalue weighted by atomic mass is 32.1. The molecule has 0 atom stereocenters. The van der Waals surface area contributed by atoms with Gasteiger partial charge in [-0.05, 0) is 43.3 Å². The highest BCUT2D eigenvalue weighted by molar-refractivity contribution is 7.14. The number of nitrogens with one attached hydrogen (secondary N) is 1. The van der Waals surface area contributed by atoms with Crippen molar-refractivity contribution in [3.8, 4) is 22.8 Å². The van der Waals surface area contributed by atoms with Gasteiger partial charge in [-0.15, -0.1) is 11.3 Å². The Morgan fingerprint density at radius 1 is 1.15 bits per heavy atom. The number of carbonyl (C=O) groups excluding carboxylic acids is 1. The van der Waals surface area contributed by atoms with Crippen LogP contribution >= 0.6 is 11.3 Å². The zero-order chi connectivity index (χ0) is 18.4. The molecule has 0 fully saturated rings. The van der Waals surface area contributed by atoms with Crippen molar-refractivity contribution < 1.29 is 14.3 Å². The Kier molecular flexibility index (Phi) is 5.70. The number of rotatable bonds is 7. The zero-order valence-corrected chi connectivity index (χ0v) is 15.1. The first-order chi connectivity index (χ1) is 12.6. The second-order valence-electron chi connectivity index (χ2n) is 5.40. The Hall–Kier alpha value is -3.06. The molecule has 0 unspecified atom stereocenters. The Morgan fingerprint density at radius 2 is 1.88 bits per heavy atom. The number of carbonyl (C=O) groups is 1. The lowest BCUT2D eigenvalue weighted by Gasteiger charge is -2.07. The van der Waals surface area contributed by atoms with Crippen LogP contribution < -0.4 is 20.5 Å². The number of nitrogen functional groups attached to an aromatic ring is 1. The van der Waals surface area contributed by atoms with Crippen LogP contribution in [0.2, 0.25) is 0 Å². The van der Waals surface area contributed by atoms with Gasteiger partial charge in [-0.1, -0.05) is 12.1 Å². The quantitative estimate of drug-likeness (QED) is 0.619. The molecule has 0 aliphatic carbocycles. The van der Waals surface area contributed by atoms with Crippen molar-refractivity contribution in [2.75, 3.05) is 24.3 Å². The van der Waals surface area contributed by atoms with Gasteiger partial charge in [-0.2, -0.15) is 0 Å². The van der Waals surface area contributed by atoms with E-state index in [1.807, 2.05) is 36.6 Å². The van der Waals surface area contributed by atoms with Crippen molar-refractivity contribution in [2.24, 2.45) is 0 Å². The lowest BCUT2D eigenvalue weighted by molar-refractivity contribution is -0.118. The van der Waals surface area contributed by atoms with Gasteiger partial charge in [0.2, 0.25) is 0 Å². The Balaban J connectivity index is 1.53. The highest BCUT2D eigenvalue weighted by Crippen LogP contribution is 2.26. The normalized spacial score (nSPS) is 10.3. The number of hydrogen-bond acceptors (Lipinski definition) is 6. The fourth-order valence-electron chi connectivity index (χ4n) is 2.26. The average molecular weight is 369 g/mol. The summed E-state index contributed by atoms with van der Waals surface area (Å²) in [5.74, 6) is 1.09.